The lowest BCUT2D eigenvalue weighted by molar-refractivity contribution is -0.115. The monoisotopic (exact) mass is 403 g/mol. The summed E-state index contributed by atoms with van der Waals surface area (Å²) in [5.41, 5.74) is 5.37. The third-order valence-electron chi connectivity index (χ3n) is 4.28. The van der Waals surface area contributed by atoms with Crippen LogP contribution in [0.25, 0.3) is 0 Å². The number of phenolic OH excluding ortho intramolecular Hbond substituents is 2. The first-order chi connectivity index (χ1) is 14.4. The van der Waals surface area contributed by atoms with Gasteiger partial charge in [-0.05, 0) is 42.3 Å². The van der Waals surface area contributed by atoms with Gasteiger partial charge in [0.05, 0.1) is 12.1 Å². The van der Waals surface area contributed by atoms with Crippen molar-refractivity contribution in [1.29, 1.82) is 0 Å². The number of carbonyl (C=O) groups is 2. The Morgan fingerprint density at radius 2 is 1.50 bits per heavy atom. The summed E-state index contributed by atoms with van der Waals surface area (Å²) in [7, 11) is 0. The molecule has 0 bridgehead atoms. The predicted octanol–water partition coefficient (Wildman–Crippen LogP) is 3.43. The number of hydrogen-bond donors (Lipinski definition) is 4. The maximum atomic E-state index is 12.1. The van der Waals surface area contributed by atoms with Gasteiger partial charge in [-0.1, -0.05) is 42.5 Å². The molecule has 0 aliphatic heterocycles. The zero-order chi connectivity index (χ0) is 21.5. The Morgan fingerprint density at radius 3 is 2.13 bits per heavy atom. The normalized spacial score (nSPS) is 11.0. The van der Waals surface area contributed by atoms with E-state index < -0.39 is 5.91 Å². The Hall–Kier alpha value is -4.13. The molecule has 3 aromatic rings. The molecule has 7 nitrogen and oxygen atoms in total. The van der Waals surface area contributed by atoms with E-state index in [1.807, 2.05) is 30.3 Å². The largest absolute Gasteiger partial charge is 0.508 e. The molecule has 0 unspecified atom stereocenters. The minimum atomic E-state index is -0.564. The van der Waals surface area contributed by atoms with Crippen molar-refractivity contribution in [3.8, 4) is 11.5 Å². The number of hydrazone groups is 1. The van der Waals surface area contributed by atoms with Crippen molar-refractivity contribution < 1.29 is 19.8 Å². The van der Waals surface area contributed by atoms with E-state index in [9.17, 15) is 19.8 Å². The van der Waals surface area contributed by atoms with Crippen molar-refractivity contribution in [2.45, 2.75) is 13.3 Å². The molecule has 0 atom stereocenters. The van der Waals surface area contributed by atoms with Crippen LogP contribution >= 0.6 is 0 Å². The number of anilines is 1. The molecule has 0 heterocycles. The first-order valence-corrected chi connectivity index (χ1v) is 9.22. The lowest BCUT2D eigenvalue weighted by Gasteiger charge is -2.07. The summed E-state index contributed by atoms with van der Waals surface area (Å²) in [6, 6.07) is 20.1. The van der Waals surface area contributed by atoms with Gasteiger partial charge >= 0.3 is 0 Å². The van der Waals surface area contributed by atoms with Crippen LogP contribution in [0.1, 0.15) is 28.4 Å². The Labute approximate surface area is 173 Å². The zero-order valence-electron chi connectivity index (χ0n) is 16.3. The SMILES string of the molecule is C/C(=N\NC(=O)c1cc(O)cc(O)c1)c1ccc(NC(=O)Cc2ccccc2)cc1. The molecule has 152 valence electrons. The number of amides is 2. The van der Waals surface area contributed by atoms with Gasteiger partial charge in [-0.2, -0.15) is 5.10 Å². The molecule has 2 amide bonds. The van der Waals surface area contributed by atoms with E-state index in [0.717, 1.165) is 17.2 Å². The second kappa shape index (κ2) is 9.38. The second-order valence-corrected chi connectivity index (χ2v) is 6.66. The van der Waals surface area contributed by atoms with Crippen LogP contribution < -0.4 is 10.7 Å². The fourth-order valence-electron chi connectivity index (χ4n) is 2.77. The molecule has 3 rings (SSSR count). The highest BCUT2D eigenvalue weighted by atomic mass is 16.3. The van der Waals surface area contributed by atoms with E-state index in [2.05, 4.69) is 15.8 Å². The molecule has 7 heteroatoms. The van der Waals surface area contributed by atoms with E-state index in [4.69, 9.17) is 0 Å². The number of nitrogens with one attached hydrogen (secondary N) is 2. The van der Waals surface area contributed by atoms with Crippen molar-refractivity contribution in [2.75, 3.05) is 5.32 Å². The molecular formula is C23H21N3O4. The third kappa shape index (κ3) is 5.68. The summed E-state index contributed by atoms with van der Waals surface area (Å²) in [6.07, 6.45) is 0.291. The van der Waals surface area contributed by atoms with E-state index in [1.165, 1.54) is 12.1 Å². The summed E-state index contributed by atoms with van der Waals surface area (Å²) in [5, 5.41) is 25.8. The lowest BCUT2D eigenvalue weighted by atomic mass is 10.1. The first-order valence-electron chi connectivity index (χ1n) is 9.22. The van der Waals surface area contributed by atoms with Crippen LogP contribution in [0.4, 0.5) is 5.69 Å². The van der Waals surface area contributed by atoms with Gasteiger partial charge in [0.25, 0.3) is 5.91 Å². The van der Waals surface area contributed by atoms with Gasteiger partial charge < -0.3 is 15.5 Å². The van der Waals surface area contributed by atoms with Crippen molar-refractivity contribution in [3.05, 3.63) is 89.5 Å². The van der Waals surface area contributed by atoms with Gasteiger partial charge in [0.15, 0.2) is 0 Å². The maximum Gasteiger partial charge on any atom is 0.271 e. The molecule has 3 aromatic carbocycles. The quantitative estimate of drug-likeness (QED) is 0.373. The van der Waals surface area contributed by atoms with Crippen LogP contribution in [0.5, 0.6) is 11.5 Å². The molecule has 30 heavy (non-hydrogen) atoms. The first kappa shape index (κ1) is 20.6. The number of aromatic hydroxyl groups is 2. The van der Waals surface area contributed by atoms with Crippen LogP contribution in [0.3, 0.4) is 0 Å². The number of nitrogens with zero attached hydrogens (tertiary/aromatic N) is 1. The number of hydrogen-bond acceptors (Lipinski definition) is 5. The predicted molar refractivity (Wildman–Crippen MR) is 115 cm³/mol. The Balaban J connectivity index is 1.59. The third-order valence-corrected chi connectivity index (χ3v) is 4.28. The summed E-state index contributed by atoms with van der Waals surface area (Å²) in [4.78, 5) is 24.3. The van der Waals surface area contributed by atoms with Gasteiger partial charge in [-0.3, -0.25) is 9.59 Å². The highest BCUT2D eigenvalue weighted by Crippen LogP contribution is 2.20. The van der Waals surface area contributed by atoms with Crippen LogP contribution in [-0.2, 0) is 11.2 Å². The topological polar surface area (TPSA) is 111 Å². The van der Waals surface area contributed by atoms with Crippen molar-refractivity contribution >= 4 is 23.2 Å². The van der Waals surface area contributed by atoms with Gasteiger partial charge in [-0.25, -0.2) is 5.43 Å². The molecule has 0 radical (unpaired) electrons. The highest BCUT2D eigenvalue weighted by Gasteiger charge is 2.09. The minimum absolute atomic E-state index is 0.0838. The molecule has 0 fully saturated rings. The van der Waals surface area contributed by atoms with E-state index in [1.54, 1.807) is 31.2 Å². The van der Waals surface area contributed by atoms with E-state index >= 15 is 0 Å². The number of benzene rings is 3. The average Bonchev–Trinajstić information content (AvgIpc) is 2.72. The van der Waals surface area contributed by atoms with Crippen LogP contribution in [-0.4, -0.2) is 27.7 Å². The average molecular weight is 403 g/mol. The van der Waals surface area contributed by atoms with Crippen molar-refractivity contribution in [3.63, 3.8) is 0 Å². The van der Waals surface area contributed by atoms with Crippen LogP contribution in [0.2, 0.25) is 0 Å². The fourth-order valence-corrected chi connectivity index (χ4v) is 2.77. The minimum Gasteiger partial charge on any atom is -0.508 e. The molecular weight excluding hydrogens is 382 g/mol. The Kier molecular flexibility index (Phi) is 6.44. The zero-order valence-corrected chi connectivity index (χ0v) is 16.3. The smallest absolute Gasteiger partial charge is 0.271 e. The summed E-state index contributed by atoms with van der Waals surface area (Å²) in [5.74, 6) is -1.11. The molecule has 0 aromatic heterocycles. The van der Waals surface area contributed by atoms with Gasteiger partial charge in [0.2, 0.25) is 5.91 Å². The van der Waals surface area contributed by atoms with Gasteiger partial charge in [0, 0.05) is 17.3 Å². The number of carbonyl (C=O) groups excluding carboxylic acids is 2. The molecule has 4 N–H and O–H groups in total. The standard InChI is InChI=1S/C23H21N3O4/c1-15(25-26-23(30)18-12-20(27)14-21(28)13-18)17-7-9-19(10-8-17)24-22(29)11-16-5-3-2-4-6-16/h2-10,12-14,27-28H,11H2,1H3,(H,24,29)(H,26,30)/b25-15+. The number of phenols is 2. The molecule has 0 aliphatic carbocycles. The van der Waals surface area contributed by atoms with Crippen LogP contribution in [0, 0.1) is 0 Å². The van der Waals surface area contributed by atoms with Gasteiger partial charge in [0.1, 0.15) is 11.5 Å². The summed E-state index contributed by atoms with van der Waals surface area (Å²) in [6.45, 7) is 1.73. The second-order valence-electron chi connectivity index (χ2n) is 6.66. The maximum absolute atomic E-state index is 12.1. The highest BCUT2D eigenvalue weighted by molar-refractivity contribution is 6.01. The summed E-state index contributed by atoms with van der Waals surface area (Å²) >= 11 is 0. The van der Waals surface area contributed by atoms with E-state index in [-0.39, 0.29) is 23.0 Å². The molecule has 0 aliphatic rings. The Morgan fingerprint density at radius 1 is 0.867 bits per heavy atom. The Bertz CT molecular complexity index is 1060. The molecule has 0 spiro atoms. The fraction of sp³-hybridized carbons (Fsp3) is 0.0870. The van der Waals surface area contributed by atoms with Crippen LogP contribution in [0.15, 0.2) is 77.9 Å². The van der Waals surface area contributed by atoms with Crippen molar-refractivity contribution in [1.82, 2.24) is 5.43 Å². The summed E-state index contributed by atoms with van der Waals surface area (Å²) < 4.78 is 0. The van der Waals surface area contributed by atoms with Gasteiger partial charge in [-0.15, -0.1) is 0 Å². The molecule has 0 saturated heterocycles. The van der Waals surface area contributed by atoms with E-state index in [0.29, 0.717) is 17.8 Å². The molecule has 0 saturated carbocycles. The number of rotatable bonds is 6. The van der Waals surface area contributed by atoms with Crippen molar-refractivity contribution in [2.24, 2.45) is 5.10 Å². The lowest BCUT2D eigenvalue weighted by Crippen LogP contribution is -2.19.